The van der Waals surface area contributed by atoms with E-state index < -0.39 is 5.60 Å². The minimum atomic E-state index is -0.576. The highest BCUT2D eigenvalue weighted by Gasteiger charge is 2.43. The van der Waals surface area contributed by atoms with Crippen LogP contribution in [0.2, 0.25) is 0 Å². The van der Waals surface area contributed by atoms with Crippen molar-refractivity contribution in [3.63, 3.8) is 0 Å². The van der Waals surface area contributed by atoms with E-state index in [0.717, 1.165) is 31.6 Å². The van der Waals surface area contributed by atoms with E-state index in [2.05, 4.69) is 5.32 Å². The van der Waals surface area contributed by atoms with Crippen LogP contribution in [-0.4, -0.2) is 23.2 Å². The van der Waals surface area contributed by atoms with E-state index in [4.69, 9.17) is 0 Å². The number of fused-ring (bicyclic) bond motifs is 2. The lowest BCUT2D eigenvalue weighted by atomic mass is 9.80. The number of hydrogen-bond acceptors (Lipinski definition) is 2. The fourth-order valence-corrected chi connectivity index (χ4v) is 3.71. The van der Waals surface area contributed by atoms with Crippen LogP contribution in [0.3, 0.4) is 0 Å². The van der Waals surface area contributed by atoms with E-state index in [1.54, 1.807) is 0 Å². The molecule has 0 spiro atoms. The summed E-state index contributed by atoms with van der Waals surface area (Å²) in [6, 6.07) is 0. The van der Waals surface area contributed by atoms with Crippen molar-refractivity contribution in [2.24, 2.45) is 17.8 Å². The highest BCUT2D eigenvalue weighted by molar-refractivity contribution is 5.79. The molecular formula is C13H21NO2. The molecule has 2 N–H and O–H groups in total. The molecule has 3 atom stereocenters. The van der Waals surface area contributed by atoms with Crippen LogP contribution in [0.4, 0.5) is 0 Å². The molecule has 0 aliphatic heterocycles. The van der Waals surface area contributed by atoms with E-state index in [1.807, 2.05) is 0 Å². The predicted octanol–water partition coefficient (Wildman–Crippen LogP) is 1.45. The molecule has 0 saturated heterocycles. The van der Waals surface area contributed by atoms with Crippen LogP contribution in [0.1, 0.15) is 44.9 Å². The van der Waals surface area contributed by atoms with E-state index >= 15 is 0 Å². The summed E-state index contributed by atoms with van der Waals surface area (Å²) in [5.41, 5.74) is -0.576. The summed E-state index contributed by atoms with van der Waals surface area (Å²) in [7, 11) is 0. The molecule has 0 aromatic carbocycles. The maximum atomic E-state index is 12.0. The zero-order valence-corrected chi connectivity index (χ0v) is 9.74. The minimum absolute atomic E-state index is 0.201. The second-order valence-electron chi connectivity index (χ2n) is 6.08. The summed E-state index contributed by atoms with van der Waals surface area (Å²) < 4.78 is 0. The molecule has 0 aromatic rings. The van der Waals surface area contributed by atoms with Crippen molar-refractivity contribution in [2.75, 3.05) is 6.54 Å². The molecule has 1 amide bonds. The molecule has 3 unspecified atom stereocenters. The van der Waals surface area contributed by atoms with Crippen LogP contribution < -0.4 is 5.32 Å². The van der Waals surface area contributed by atoms with Crippen molar-refractivity contribution in [1.29, 1.82) is 0 Å². The molecule has 3 saturated carbocycles. The Bertz CT molecular complexity index is 298. The van der Waals surface area contributed by atoms with Gasteiger partial charge < -0.3 is 10.4 Å². The Morgan fingerprint density at radius 1 is 1.31 bits per heavy atom. The SMILES string of the molecule is O=C(NCC1(O)CCC1)C1CC2CCC1C2. The summed E-state index contributed by atoms with van der Waals surface area (Å²) in [4.78, 5) is 12.0. The summed E-state index contributed by atoms with van der Waals surface area (Å²) in [5, 5.41) is 12.9. The van der Waals surface area contributed by atoms with Crippen molar-refractivity contribution in [1.82, 2.24) is 5.32 Å². The van der Waals surface area contributed by atoms with E-state index in [-0.39, 0.29) is 11.8 Å². The first-order chi connectivity index (χ1) is 7.66. The molecule has 3 rings (SSSR count). The molecular weight excluding hydrogens is 202 g/mol. The van der Waals surface area contributed by atoms with Gasteiger partial charge in [0.2, 0.25) is 5.91 Å². The van der Waals surface area contributed by atoms with E-state index in [1.165, 1.54) is 19.3 Å². The Balaban J connectivity index is 1.50. The van der Waals surface area contributed by atoms with Gasteiger partial charge in [0.05, 0.1) is 5.60 Å². The Hall–Kier alpha value is -0.570. The fraction of sp³-hybridized carbons (Fsp3) is 0.923. The third-order valence-corrected chi connectivity index (χ3v) is 4.95. The monoisotopic (exact) mass is 223 g/mol. The van der Waals surface area contributed by atoms with Gasteiger partial charge in [-0.2, -0.15) is 0 Å². The normalized spacial score (nSPS) is 39.4. The highest BCUT2D eigenvalue weighted by Crippen LogP contribution is 2.48. The van der Waals surface area contributed by atoms with Gasteiger partial charge in [0, 0.05) is 12.5 Å². The first kappa shape index (κ1) is 10.6. The number of amides is 1. The zero-order chi connectivity index (χ0) is 11.2. The van der Waals surface area contributed by atoms with Crippen molar-refractivity contribution < 1.29 is 9.90 Å². The highest BCUT2D eigenvalue weighted by atomic mass is 16.3. The van der Waals surface area contributed by atoms with Crippen LogP contribution in [0.5, 0.6) is 0 Å². The smallest absolute Gasteiger partial charge is 0.223 e. The summed E-state index contributed by atoms with van der Waals surface area (Å²) >= 11 is 0. The fourth-order valence-electron chi connectivity index (χ4n) is 3.71. The maximum absolute atomic E-state index is 12.0. The van der Waals surface area contributed by atoms with E-state index in [9.17, 15) is 9.90 Å². The van der Waals surface area contributed by atoms with E-state index in [0.29, 0.717) is 12.5 Å². The molecule has 3 aliphatic carbocycles. The van der Waals surface area contributed by atoms with Crippen molar-refractivity contribution in [3.05, 3.63) is 0 Å². The number of rotatable bonds is 3. The lowest BCUT2D eigenvalue weighted by Crippen LogP contribution is -2.49. The standard InChI is InChI=1S/C13H21NO2/c15-12(14-8-13(16)4-1-5-13)11-7-9-2-3-10(11)6-9/h9-11,16H,1-8H2,(H,14,15). The van der Waals surface area contributed by atoms with Gasteiger partial charge in [0.15, 0.2) is 0 Å². The van der Waals surface area contributed by atoms with Gasteiger partial charge >= 0.3 is 0 Å². The minimum Gasteiger partial charge on any atom is -0.388 e. The molecule has 0 heterocycles. The third kappa shape index (κ3) is 1.75. The van der Waals surface area contributed by atoms with Crippen molar-refractivity contribution >= 4 is 5.91 Å². The Morgan fingerprint density at radius 3 is 2.62 bits per heavy atom. The Kier molecular flexibility index (Phi) is 2.46. The van der Waals surface area contributed by atoms with Crippen molar-refractivity contribution in [2.45, 2.75) is 50.5 Å². The molecule has 3 fully saturated rings. The number of aliphatic hydroxyl groups is 1. The van der Waals surface area contributed by atoms with Gasteiger partial charge in [-0.1, -0.05) is 6.42 Å². The van der Waals surface area contributed by atoms with Gasteiger partial charge in [-0.15, -0.1) is 0 Å². The largest absolute Gasteiger partial charge is 0.388 e. The molecule has 3 nitrogen and oxygen atoms in total. The average Bonchev–Trinajstić information content (AvgIpc) is 2.84. The number of carbonyl (C=O) groups excluding carboxylic acids is 1. The summed E-state index contributed by atoms with van der Waals surface area (Å²) in [5.74, 6) is 1.91. The van der Waals surface area contributed by atoms with Crippen LogP contribution in [0.15, 0.2) is 0 Å². The molecule has 16 heavy (non-hydrogen) atoms. The van der Waals surface area contributed by atoms with Crippen LogP contribution in [-0.2, 0) is 4.79 Å². The number of hydrogen-bond donors (Lipinski definition) is 2. The topological polar surface area (TPSA) is 49.3 Å². The third-order valence-electron chi connectivity index (χ3n) is 4.95. The lowest BCUT2D eigenvalue weighted by molar-refractivity contribution is -0.129. The van der Waals surface area contributed by atoms with Crippen molar-refractivity contribution in [3.8, 4) is 0 Å². The lowest BCUT2D eigenvalue weighted by Gasteiger charge is -2.37. The predicted molar refractivity (Wildman–Crippen MR) is 60.7 cm³/mol. The molecule has 0 radical (unpaired) electrons. The van der Waals surface area contributed by atoms with Gasteiger partial charge in [0.1, 0.15) is 0 Å². The molecule has 3 aliphatic rings. The summed E-state index contributed by atoms with van der Waals surface area (Å²) in [6.45, 7) is 0.472. The zero-order valence-electron chi connectivity index (χ0n) is 9.74. The summed E-state index contributed by atoms with van der Waals surface area (Å²) in [6.07, 6.45) is 7.73. The molecule has 3 heteroatoms. The maximum Gasteiger partial charge on any atom is 0.223 e. The van der Waals surface area contributed by atoms with Gasteiger partial charge in [-0.3, -0.25) is 4.79 Å². The first-order valence-electron chi connectivity index (χ1n) is 6.66. The van der Waals surface area contributed by atoms with Crippen LogP contribution >= 0.6 is 0 Å². The van der Waals surface area contributed by atoms with Gasteiger partial charge in [-0.25, -0.2) is 0 Å². The molecule has 0 aromatic heterocycles. The Labute approximate surface area is 96.6 Å². The van der Waals surface area contributed by atoms with Crippen LogP contribution in [0.25, 0.3) is 0 Å². The first-order valence-corrected chi connectivity index (χ1v) is 6.66. The molecule has 90 valence electrons. The number of carbonyl (C=O) groups is 1. The Morgan fingerprint density at radius 2 is 2.12 bits per heavy atom. The van der Waals surface area contributed by atoms with Gasteiger partial charge in [-0.05, 0) is 50.4 Å². The number of nitrogens with one attached hydrogen (secondary N) is 1. The van der Waals surface area contributed by atoms with Crippen LogP contribution in [0, 0.1) is 17.8 Å². The molecule has 2 bridgehead atoms. The average molecular weight is 223 g/mol. The van der Waals surface area contributed by atoms with Gasteiger partial charge in [0.25, 0.3) is 0 Å². The quantitative estimate of drug-likeness (QED) is 0.761. The second-order valence-corrected chi connectivity index (χ2v) is 6.08. The second kappa shape index (κ2) is 3.73.